The number of hydrogen-bond acceptors (Lipinski definition) is 5. The first-order valence-corrected chi connectivity index (χ1v) is 10.8. The first kappa shape index (κ1) is 21.5. The Bertz CT molecular complexity index is 1230. The number of pyridine rings is 1. The second-order valence-electron chi connectivity index (χ2n) is 7.65. The lowest BCUT2D eigenvalue weighted by molar-refractivity contribution is 0.0963. The Morgan fingerprint density at radius 1 is 1.16 bits per heavy atom. The molecule has 2 aromatic heterocycles. The van der Waals surface area contributed by atoms with E-state index < -0.39 is 0 Å². The number of rotatable bonds is 8. The fraction of sp³-hybridized carbons (Fsp3) is 0.240. The number of anilines is 2. The van der Waals surface area contributed by atoms with E-state index in [4.69, 9.17) is 0 Å². The maximum Gasteiger partial charge on any atom is 0.254 e. The maximum absolute atomic E-state index is 12.6. The van der Waals surface area contributed by atoms with Crippen molar-refractivity contribution in [1.29, 1.82) is 0 Å². The van der Waals surface area contributed by atoms with Gasteiger partial charge in [0.2, 0.25) is 0 Å². The molecule has 4 rings (SSSR count). The average Bonchev–Trinajstić information content (AvgIpc) is 3.31. The van der Waals surface area contributed by atoms with Crippen molar-refractivity contribution < 1.29 is 9.90 Å². The molecule has 0 spiro atoms. The first-order chi connectivity index (χ1) is 15.6. The van der Waals surface area contributed by atoms with Gasteiger partial charge in [-0.1, -0.05) is 31.5 Å². The standard InChI is InChI=1S/C25H27N5O2/c1-3-4-10-30-15-18(13-28-30)20-12-21-23(11-17(20)16-31)27-14-22(25(32)26-2)24(21)29-19-8-6-5-7-9-19/h5-9,11-15,31H,3-4,10,16H2,1-2H3,(H,26,32)(H,27,29). The molecule has 0 radical (unpaired) electrons. The molecular formula is C25H27N5O2. The first-order valence-electron chi connectivity index (χ1n) is 10.8. The van der Waals surface area contributed by atoms with Gasteiger partial charge >= 0.3 is 0 Å². The maximum atomic E-state index is 12.6. The number of aliphatic hydroxyl groups is 1. The SMILES string of the molecule is CCCCn1cc(-c2cc3c(Nc4ccccc4)c(C(=O)NC)cnc3cc2CO)cn1. The summed E-state index contributed by atoms with van der Waals surface area (Å²) < 4.78 is 1.92. The van der Waals surface area contributed by atoms with Crippen LogP contribution in [0.15, 0.2) is 61.1 Å². The van der Waals surface area contributed by atoms with Crippen molar-refractivity contribution in [2.45, 2.75) is 32.9 Å². The third kappa shape index (κ3) is 4.33. The molecule has 7 nitrogen and oxygen atoms in total. The molecule has 0 bridgehead atoms. The van der Waals surface area contributed by atoms with Crippen LogP contribution in [0.2, 0.25) is 0 Å². The van der Waals surface area contributed by atoms with E-state index in [9.17, 15) is 9.90 Å². The zero-order valence-corrected chi connectivity index (χ0v) is 18.3. The van der Waals surface area contributed by atoms with Crippen LogP contribution in [0.4, 0.5) is 11.4 Å². The van der Waals surface area contributed by atoms with Crippen molar-refractivity contribution in [2.75, 3.05) is 12.4 Å². The van der Waals surface area contributed by atoms with Gasteiger partial charge in [0.25, 0.3) is 5.91 Å². The number of nitrogens with one attached hydrogen (secondary N) is 2. The van der Waals surface area contributed by atoms with E-state index in [1.165, 1.54) is 0 Å². The molecule has 0 atom stereocenters. The van der Waals surface area contributed by atoms with E-state index in [0.717, 1.165) is 47.2 Å². The molecule has 0 saturated heterocycles. The lowest BCUT2D eigenvalue weighted by Gasteiger charge is -2.16. The number of carbonyl (C=O) groups is 1. The number of nitrogens with zero attached hydrogens (tertiary/aromatic N) is 3. The normalized spacial score (nSPS) is 11.0. The van der Waals surface area contributed by atoms with Gasteiger partial charge in [0.1, 0.15) is 0 Å². The Morgan fingerprint density at radius 3 is 2.69 bits per heavy atom. The van der Waals surface area contributed by atoms with Crippen molar-refractivity contribution in [1.82, 2.24) is 20.1 Å². The Balaban J connectivity index is 1.89. The number of aromatic nitrogens is 3. The Hall–Kier alpha value is -3.71. The highest BCUT2D eigenvalue weighted by Gasteiger charge is 2.18. The number of aliphatic hydroxyl groups excluding tert-OH is 1. The van der Waals surface area contributed by atoms with Gasteiger partial charge in [0.05, 0.1) is 29.6 Å². The number of unbranched alkanes of at least 4 members (excludes halogenated alkanes) is 1. The van der Waals surface area contributed by atoms with Gasteiger partial charge in [0, 0.05) is 42.6 Å². The van der Waals surface area contributed by atoms with Crippen molar-refractivity contribution in [3.05, 3.63) is 72.2 Å². The number of amides is 1. The van der Waals surface area contributed by atoms with Gasteiger partial charge in [-0.05, 0) is 41.8 Å². The molecule has 164 valence electrons. The molecule has 0 unspecified atom stereocenters. The minimum atomic E-state index is -0.224. The van der Waals surface area contributed by atoms with Crippen LogP contribution >= 0.6 is 0 Å². The fourth-order valence-corrected chi connectivity index (χ4v) is 3.73. The number of aryl methyl sites for hydroxylation is 1. The molecule has 0 aliphatic carbocycles. The highest BCUT2D eigenvalue weighted by molar-refractivity contribution is 6.09. The molecule has 0 saturated carbocycles. The summed E-state index contributed by atoms with van der Waals surface area (Å²) in [7, 11) is 1.60. The van der Waals surface area contributed by atoms with Gasteiger partial charge in [-0.25, -0.2) is 0 Å². The van der Waals surface area contributed by atoms with E-state index in [0.29, 0.717) is 16.8 Å². The van der Waals surface area contributed by atoms with E-state index in [1.54, 1.807) is 13.2 Å². The number of benzene rings is 2. The third-order valence-electron chi connectivity index (χ3n) is 5.46. The van der Waals surface area contributed by atoms with Crippen LogP contribution in [-0.2, 0) is 13.2 Å². The van der Waals surface area contributed by atoms with Crippen molar-refractivity contribution in [2.24, 2.45) is 0 Å². The largest absolute Gasteiger partial charge is 0.392 e. The molecule has 0 aliphatic rings. The number of carbonyl (C=O) groups excluding carboxylic acids is 1. The summed E-state index contributed by atoms with van der Waals surface area (Å²) in [6, 6.07) is 13.6. The summed E-state index contributed by atoms with van der Waals surface area (Å²) in [4.78, 5) is 17.1. The van der Waals surface area contributed by atoms with Crippen molar-refractivity contribution in [3.63, 3.8) is 0 Å². The molecule has 0 fully saturated rings. The van der Waals surface area contributed by atoms with E-state index in [1.807, 2.05) is 59.5 Å². The molecule has 4 aromatic rings. The van der Waals surface area contributed by atoms with E-state index in [2.05, 4.69) is 27.6 Å². The monoisotopic (exact) mass is 429 g/mol. The van der Waals surface area contributed by atoms with Crippen LogP contribution in [-0.4, -0.2) is 32.8 Å². The Kier molecular flexibility index (Phi) is 6.47. The minimum absolute atomic E-state index is 0.119. The highest BCUT2D eigenvalue weighted by Crippen LogP contribution is 2.35. The smallest absolute Gasteiger partial charge is 0.254 e. The quantitative estimate of drug-likeness (QED) is 0.384. The van der Waals surface area contributed by atoms with Crippen molar-refractivity contribution in [3.8, 4) is 11.1 Å². The topological polar surface area (TPSA) is 92.1 Å². The molecule has 7 heteroatoms. The fourth-order valence-electron chi connectivity index (χ4n) is 3.73. The summed E-state index contributed by atoms with van der Waals surface area (Å²) in [6.45, 7) is 2.88. The van der Waals surface area contributed by atoms with Gasteiger partial charge in [-0.15, -0.1) is 0 Å². The second kappa shape index (κ2) is 9.62. The Morgan fingerprint density at radius 2 is 1.97 bits per heavy atom. The highest BCUT2D eigenvalue weighted by atomic mass is 16.3. The summed E-state index contributed by atoms with van der Waals surface area (Å²) in [5.41, 5.74) is 5.23. The predicted octanol–water partition coefficient (Wildman–Crippen LogP) is 4.49. The molecule has 3 N–H and O–H groups in total. The van der Waals surface area contributed by atoms with Crippen LogP contribution in [0, 0.1) is 0 Å². The summed E-state index contributed by atoms with van der Waals surface area (Å²) in [6.07, 6.45) is 7.52. The number of para-hydroxylation sites is 1. The van der Waals surface area contributed by atoms with Crippen LogP contribution in [0.1, 0.15) is 35.7 Å². The van der Waals surface area contributed by atoms with Crippen LogP contribution in [0.5, 0.6) is 0 Å². The average molecular weight is 430 g/mol. The van der Waals surface area contributed by atoms with E-state index >= 15 is 0 Å². The van der Waals surface area contributed by atoms with Gasteiger partial charge in [0.15, 0.2) is 0 Å². The zero-order valence-electron chi connectivity index (χ0n) is 18.3. The molecular weight excluding hydrogens is 402 g/mol. The second-order valence-corrected chi connectivity index (χ2v) is 7.65. The lowest BCUT2D eigenvalue weighted by Crippen LogP contribution is -2.19. The van der Waals surface area contributed by atoms with E-state index in [-0.39, 0.29) is 12.5 Å². The summed E-state index contributed by atoms with van der Waals surface area (Å²) in [5.74, 6) is -0.224. The summed E-state index contributed by atoms with van der Waals surface area (Å²) >= 11 is 0. The molecule has 2 aromatic carbocycles. The van der Waals surface area contributed by atoms with Crippen LogP contribution in [0.3, 0.4) is 0 Å². The van der Waals surface area contributed by atoms with Gasteiger partial charge in [-0.3, -0.25) is 14.5 Å². The van der Waals surface area contributed by atoms with Gasteiger partial charge < -0.3 is 15.7 Å². The number of fused-ring (bicyclic) bond motifs is 1. The molecule has 0 aliphatic heterocycles. The van der Waals surface area contributed by atoms with Crippen LogP contribution in [0.25, 0.3) is 22.0 Å². The lowest BCUT2D eigenvalue weighted by atomic mass is 9.97. The van der Waals surface area contributed by atoms with Crippen molar-refractivity contribution >= 4 is 28.2 Å². The minimum Gasteiger partial charge on any atom is -0.392 e. The molecule has 1 amide bonds. The number of hydrogen-bond donors (Lipinski definition) is 3. The molecule has 32 heavy (non-hydrogen) atoms. The Labute approximate surface area is 187 Å². The summed E-state index contributed by atoms with van der Waals surface area (Å²) in [5, 5.41) is 21.4. The third-order valence-corrected chi connectivity index (χ3v) is 5.46. The predicted molar refractivity (Wildman–Crippen MR) is 127 cm³/mol. The van der Waals surface area contributed by atoms with Crippen LogP contribution < -0.4 is 10.6 Å². The molecule has 2 heterocycles. The zero-order chi connectivity index (χ0) is 22.5. The van der Waals surface area contributed by atoms with Gasteiger partial charge in [-0.2, -0.15) is 5.10 Å².